The fourth-order valence-corrected chi connectivity index (χ4v) is 2.46. The summed E-state index contributed by atoms with van der Waals surface area (Å²) in [4.78, 5) is 0. The second-order valence-corrected chi connectivity index (χ2v) is 5.19. The van der Waals surface area contributed by atoms with E-state index < -0.39 is 23.5 Å². The molecule has 0 aliphatic carbocycles. The molecule has 0 aliphatic heterocycles. The highest BCUT2D eigenvalue weighted by molar-refractivity contribution is 9.10. The third-order valence-electron chi connectivity index (χ3n) is 2.67. The van der Waals surface area contributed by atoms with E-state index in [4.69, 9.17) is 17.3 Å². The topological polar surface area (TPSA) is 26.0 Å². The summed E-state index contributed by atoms with van der Waals surface area (Å²) < 4.78 is 40.0. The quantitative estimate of drug-likeness (QED) is 0.789. The van der Waals surface area contributed by atoms with Gasteiger partial charge in [-0.15, -0.1) is 0 Å². The van der Waals surface area contributed by atoms with Crippen molar-refractivity contribution >= 4 is 27.5 Å². The van der Waals surface area contributed by atoms with E-state index in [2.05, 4.69) is 15.9 Å². The summed E-state index contributed by atoms with van der Waals surface area (Å²) in [6.45, 7) is 0. The van der Waals surface area contributed by atoms with Gasteiger partial charge in [-0.3, -0.25) is 0 Å². The highest BCUT2D eigenvalue weighted by Gasteiger charge is 2.18. The van der Waals surface area contributed by atoms with Gasteiger partial charge in [0, 0.05) is 9.50 Å². The molecule has 0 fully saturated rings. The van der Waals surface area contributed by atoms with E-state index in [0.29, 0.717) is 10.0 Å². The first-order valence-electron chi connectivity index (χ1n) is 5.25. The first-order valence-corrected chi connectivity index (χ1v) is 6.42. The summed E-state index contributed by atoms with van der Waals surface area (Å²) >= 11 is 9.07. The van der Waals surface area contributed by atoms with Crippen molar-refractivity contribution in [1.29, 1.82) is 0 Å². The Hall–Kier alpha value is -1.04. The van der Waals surface area contributed by atoms with E-state index >= 15 is 0 Å². The molecule has 0 bridgehead atoms. The fourth-order valence-electron chi connectivity index (χ4n) is 1.70. The number of nitrogens with two attached hydrogens (primary N) is 1. The van der Waals surface area contributed by atoms with Crippen LogP contribution < -0.4 is 5.73 Å². The van der Waals surface area contributed by atoms with Gasteiger partial charge in [0.25, 0.3) is 0 Å². The minimum atomic E-state index is -1.06. The number of rotatable bonds is 2. The van der Waals surface area contributed by atoms with Gasteiger partial charge in [-0.25, -0.2) is 13.2 Å². The molecule has 1 atom stereocenters. The van der Waals surface area contributed by atoms with Crippen molar-refractivity contribution in [2.75, 3.05) is 0 Å². The standard InChI is InChI=1S/C13H8BrClF3N/c14-9-2-1-6(16)3-7(9)13(19)8-4-11(17)12(18)5-10(8)15/h1-5,13H,19H2. The highest BCUT2D eigenvalue weighted by atomic mass is 79.9. The zero-order valence-corrected chi connectivity index (χ0v) is 11.8. The smallest absolute Gasteiger partial charge is 0.160 e. The van der Waals surface area contributed by atoms with E-state index in [1.807, 2.05) is 0 Å². The Morgan fingerprint density at radius 2 is 1.63 bits per heavy atom. The summed E-state index contributed by atoms with van der Waals surface area (Å²) in [7, 11) is 0. The van der Waals surface area contributed by atoms with E-state index in [1.54, 1.807) is 0 Å². The van der Waals surface area contributed by atoms with Gasteiger partial charge in [0.1, 0.15) is 5.82 Å². The molecule has 100 valence electrons. The third kappa shape index (κ3) is 2.94. The second kappa shape index (κ2) is 5.53. The number of hydrogen-bond donors (Lipinski definition) is 1. The number of benzene rings is 2. The molecule has 6 heteroatoms. The molecule has 0 radical (unpaired) electrons. The van der Waals surface area contributed by atoms with Crippen LogP contribution in [0.3, 0.4) is 0 Å². The van der Waals surface area contributed by atoms with Crippen molar-refractivity contribution in [2.45, 2.75) is 6.04 Å². The van der Waals surface area contributed by atoms with Crippen molar-refractivity contribution in [3.63, 3.8) is 0 Å². The lowest BCUT2D eigenvalue weighted by Gasteiger charge is -2.16. The molecule has 0 aliphatic rings. The Balaban J connectivity index is 2.52. The normalized spacial score (nSPS) is 12.5. The maximum Gasteiger partial charge on any atom is 0.160 e. The Kier molecular flexibility index (Phi) is 4.18. The predicted octanol–water partition coefficient (Wildman–Crippen LogP) is 4.57. The molecular formula is C13H8BrClF3N. The van der Waals surface area contributed by atoms with Crippen LogP contribution in [0.25, 0.3) is 0 Å². The SMILES string of the molecule is NC(c1cc(F)c(F)cc1Cl)c1cc(F)ccc1Br. The van der Waals surface area contributed by atoms with Crippen LogP contribution in [-0.2, 0) is 0 Å². The molecule has 0 saturated heterocycles. The molecule has 19 heavy (non-hydrogen) atoms. The van der Waals surface area contributed by atoms with Gasteiger partial charge in [-0.05, 0) is 41.5 Å². The van der Waals surface area contributed by atoms with Crippen molar-refractivity contribution in [2.24, 2.45) is 5.73 Å². The van der Waals surface area contributed by atoms with Crippen LogP contribution in [0.5, 0.6) is 0 Å². The van der Waals surface area contributed by atoms with Crippen LogP contribution in [-0.4, -0.2) is 0 Å². The van der Waals surface area contributed by atoms with Crippen molar-refractivity contribution in [1.82, 2.24) is 0 Å². The zero-order chi connectivity index (χ0) is 14.2. The molecule has 0 saturated carbocycles. The molecule has 2 aromatic rings. The Morgan fingerprint density at radius 3 is 2.32 bits per heavy atom. The monoisotopic (exact) mass is 349 g/mol. The molecule has 0 aromatic heterocycles. The summed E-state index contributed by atoms with van der Waals surface area (Å²) in [5, 5.41) is -0.0115. The summed E-state index contributed by atoms with van der Waals surface area (Å²) in [6, 6.07) is 4.85. The fraction of sp³-hybridized carbons (Fsp3) is 0.0769. The first kappa shape index (κ1) is 14.4. The molecule has 1 unspecified atom stereocenters. The predicted molar refractivity (Wildman–Crippen MR) is 71.5 cm³/mol. The molecule has 2 N–H and O–H groups in total. The highest BCUT2D eigenvalue weighted by Crippen LogP contribution is 2.32. The van der Waals surface area contributed by atoms with Gasteiger partial charge in [0.15, 0.2) is 11.6 Å². The number of halogens is 5. The van der Waals surface area contributed by atoms with Gasteiger partial charge in [-0.1, -0.05) is 27.5 Å². The lowest BCUT2D eigenvalue weighted by atomic mass is 9.99. The van der Waals surface area contributed by atoms with Gasteiger partial charge in [0.05, 0.1) is 6.04 Å². The minimum absolute atomic E-state index is 0.0115. The zero-order valence-electron chi connectivity index (χ0n) is 9.43. The minimum Gasteiger partial charge on any atom is -0.320 e. The van der Waals surface area contributed by atoms with E-state index in [-0.39, 0.29) is 10.6 Å². The van der Waals surface area contributed by atoms with E-state index in [9.17, 15) is 13.2 Å². The Labute approximate surface area is 121 Å². The Morgan fingerprint density at radius 1 is 1.00 bits per heavy atom. The van der Waals surface area contributed by atoms with Gasteiger partial charge in [0.2, 0.25) is 0 Å². The molecular weight excluding hydrogens is 343 g/mol. The van der Waals surface area contributed by atoms with E-state index in [1.165, 1.54) is 18.2 Å². The maximum absolute atomic E-state index is 13.2. The average molecular weight is 351 g/mol. The Bertz CT molecular complexity index is 634. The molecule has 2 rings (SSSR count). The van der Waals surface area contributed by atoms with Crippen LogP contribution in [0.15, 0.2) is 34.8 Å². The maximum atomic E-state index is 13.2. The largest absolute Gasteiger partial charge is 0.320 e. The van der Waals surface area contributed by atoms with Crippen molar-refractivity contribution in [3.8, 4) is 0 Å². The van der Waals surface area contributed by atoms with Gasteiger partial charge in [-0.2, -0.15) is 0 Å². The molecule has 2 aromatic carbocycles. The number of hydrogen-bond acceptors (Lipinski definition) is 1. The van der Waals surface area contributed by atoms with Crippen LogP contribution in [0, 0.1) is 17.5 Å². The average Bonchev–Trinajstić information content (AvgIpc) is 2.36. The van der Waals surface area contributed by atoms with Crippen molar-refractivity contribution < 1.29 is 13.2 Å². The van der Waals surface area contributed by atoms with Crippen LogP contribution in [0.4, 0.5) is 13.2 Å². The second-order valence-electron chi connectivity index (χ2n) is 3.93. The molecule has 0 heterocycles. The van der Waals surface area contributed by atoms with Crippen LogP contribution in [0.2, 0.25) is 5.02 Å². The molecule has 1 nitrogen and oxygen atoms in total. The van der Waals surface area contributed by atoms with Gasteiger partial charge < -0.3 is 5.73 Å². The lowest BCUT2D eigenvalue weighted by molar-refractivity contribution is 0.506. The lowest BCUT2D eigenvalue weighted by Crippen LogP contribution is -2.14. The third-order valence-corrected chi connectivity index (χ3v) is 3.72. The summed E-state index contributed by atoms with van der Waals surface area (Å²) in [5.74, 6) is -2.59. The first-order chi connectivity index (χ1) is 8.90. The van der Waals surface area contributed by atoms with Crippen LogP contribution in [0.1, 0.15) is 17.2 Å². The van der Waals surface area contributed by atoms with Crippen LogP contribution >= 0.6 is 27.5 Å². The summed E-state index contributed by atoms with van der Waals surface area (Å²) in [6.07, 6.45) is 0. The summed E-state index contributed by atoms with van der Waals surface area (Å²) in [5.41, 5.74) is 6.52. The van der Waals surface area contributed by atoms with E-state index in [0.717, 1.165) is 12.1 Å². The molecule has 0 amide bonds. The van der Waals surface area contributed by atoms with Crippen molar-refractivity contribution in [3.05, 3.63) is 68.4 Å². The molecule has 0 spiro atoms. The van der Waals surface area contributed by atoms with Gasteiger partial charge >= 0.3 is 0 Å².